The Labute approximate surface area is 169 Å². The maximum absolute atomic E-state index is 12.6. The van der Waals surface area contributed by atoms with Crippen LogP contribution in [0.25, 0.3) is 11.1 Å². The summed E-state index contributed by atoms with van der Waals surface area (Å²) in [4.78, 5) is 27.2. The molecule has 2 heterocycles. The first-order chi connectivity index (χ1) is 13.5. The van der Waals surface area contributed by atoms with Gasteiger partial charge in [-0.3, -0.25) is 14.3 Å². The topological polar surface area (TPSA) is 67.5 Å². The Bertz CT molecular complexity index is 906. The lowest BCUT2D eigenvalue weighted by Crippen LogP contribution is -2.48. The van der Waals surface area contributed by atoms with Crippen LogP contribution in [0.5, 0.6) is 0 Å². The van der Waals surface area contributed by atoms with E-state index >= 15 is 0 Å². The molecule has 0 spiro atoms. The number of hydrogen-bond acceptors (Lipinski definition) is 4. The fourth-order valence-electron chi connectivity index (χ4n) is 4.72. The maximum atomic E-state index is 12.6. The Kier molecular flexibility index (Phi) is 5.78. The van der Waals surface area contributed by atoms with Crippen LogP contribution >= 0.6 is 11.6 Å². The first-order valence-electron chi connectivity index (χ1n) is 10.3. The minimum atomic E-state index is -0.357. The number of piperidine rings is 1. The molecule has 2 fully saturated rings. The summed E-state index contributed by atoms with van der Waals surface area (Å²) < 4.78 is 7.09. The molecule has 1 amide bonds. The summed E-state index contributed by atoms with van der Waals surface area (Å²) in [7, 11) is 0. The second-order valence-corrected chi connectivity index (χ2v) is 8.75. The number of nitrogens with zero attached hydrogens (tertiary/aromatic N) is 2. The summed E-state index contributed by atoms with van der Waals surface area (Å²) in [6, 6.07) is 5.51. The molecule has 3 atom stereocenters. The monoisotopic (exact) mass is 405 g/mol. The van der Waals surface area contributed by atoms with E-state index in [1.807, 2.05) is 0 Å². The van der Waals surface area contributed by atoms with Gasteiger partial charge in [-0.2, -0.15) is 0 Å². The molecule has 2 aliphatic rings. The maximum Gasteiger partial charge on any atom is 0.420 e. The molecule has 1 aromatic heterocycles. The van der Waals surface area contributed by atoms with Gasteiger partial charge >= 0.3 is 5.76 Å². The summed E-state index contributed by atoms with van der Waals surface area (Å²) in [5, 5.41) is 3.81. The highest BCUT2D eigenvalue weighted by molar-refractivity contribution is 6.31. The van der Waals surface area contributed by atoms with Crippen molar-refractivity contribution >= 4 is 28.6 Å². The Morgan fingerprint density at radius 2 is 2.07 bits per heavy atom. The fourth-order valence-corrected chi connectivity index (χ4v) is 4.89. The highest BCUT2D eigenvalue weighted by Gasteiger charge is 2.28. The first kappa shape index (κ1) is 19.5. The van der Waals surface area contributed by atoms with Gasteiger partial charge in [0, 0.05) is 17.6 Å². The number of oxazole rings is 1. The third-order valence-electron chi connectivity index (χ3n) is 6.25. The van der Waals surface area contributed by atoms with Gasteiger partial charge in [0.15, 0.2) is 5.58 Å². The minimum absolute atomic E-state index is 0.0117. The minimum Gasteiger partial charge on any atom is -0.408 e. The Morgan fingerprint density at radius 3 is 2.89 bits per heavy atom. The van der Waals surface area contributed by atoms with Crippen molar-refractivity contribution in [3.8, 4) is 0 Å². The molecule has 1 aliphatic carbocycles. The van der Waals surface area contributed by atoms with Crippen molar-refractivity contribution in [1.82, 2.24) is 14.8 Å². The molecule has 0 radical (unpaired) electrons. The van der Waals surface area contributed by atoms with Crippen LogP contribution < -0.4 is 11.1 Å². The lowest BCUT2D eigenvalue weighted by atomic mass is 9.86. The zero-order chi connectivity index (χ0) is 19.7. The SMILES string of the molecule is C[C@@H]1CCCC[C@H]1NC(=O)CN1CCC[C@H](n2c(=O)oc3ccc(Cl)cc32)C1. The molecule has 2 aromatic rings. The number of fused-ring (bicyclic) bond motifs is 1. The molecule has 0 bridgehead atoms. The van der Waals surface area contributed by atoms with Gasteiger partial charge in [0.05, 0.1) is 18.1 Å². The number of nitrogens with one attached hydrogen (secondary N) is 1. The van der Waals surface area contributed by atoms with Gasteiger partial charge < -0.3 is 9.73 Å². The third-order valence-corrected chi connectivity index (χ3v) is 6.48. The number of carbonyl (C=O) groups excluding carboxylic acids is 1. The van der Waals surface area contributed by atoms with Gasteiger partial charge in [-0.25, -0.2) is 4.79 Å². The molecule has 4 rings (SSSR count). The zero-order valence-electron chi connectivity index (χ0n) is 16.3. The average molecular weight is 406 g/mol. The average Bonchev–Trinajstić information content (AvgIpc) is 2.99. The standard InChI is InChI=1S/C21H28ClN3O3/c1-14-5-2-3-7-17(14)23-20(26)13-24-10-4-6-16(12-24)25-18-11-15(22)8-9-19(18)28-21(25)27/h8-9,11,14,16-17H,2-7,10,12-13H2,1H3,(H,23,26)/t14-,16+,17-/m1/s1. The number of likely N-dealkylation sites (tertiary alicyclic amines) is 1. The van der Waals surface area contributed by atoms with E-state index in [0.29, 0.717) is 35.7 Å². The number of amides is 1. The predicted octanol–water partition coefficient (Wildman–Crippen LogP) is 3.58. The van der Waals surface area contributed by atoms with Crippen molar-refractivity contribution in [3.05, 3.63) is 33.8 Å². The van der Waals surface area contributed by atoms with Crippen LogP contribution in [0.15, 0.2) is 27.4 Å². The predicted molar refractivity (Wildman–Crippen MR) is 110 cm³/mol. The van der Waals surface area contributed by atoms with E-state index < -0.39 is 0 Å². The molecule has 0 unspecified atom stereocenters. The largest absolute Gasteiger partial charge is 0.420 e. The highest BCUT2D eigenvalue weighted by Crippen LogP contribution is 2.27. The van der Waals surface area contributed by atoms with Crippen LogP contribution in [0.3, 0.4) is 0 Å². The van der Waals surface area contributed by atoms with Gasteiger partial charge in [0.2, 0.25) is 5.91 Å². The smallest absolute Gasteiger partial charge is 0.408 e. The number of carbonyl (C=O) groups is 1. The molecule has 1 saturated heterocycles. The zero-order valence-corrected chi connectivity index (χ0v) is 17.1. The van der Waals surface area contributed by atoms with Crippen LogP contribution in [0, 0.1) is 5.92 Å². The summed E-state index contributed by atoms with van der Waals surface area (Å²) in [5.41, 5.74) is 1.28. The quantitative estimate of drug-likeness (QED) is 0.844. The van der Waals surface area contributed by atoms with E-state index in [-0.39, 0.29) is 17.7 Å². The molecule has 1 saturated carbocycles. The lowest BCUT2D eigenvalue weighted by Gasteiger charge is -2.34. The Hall–Kier alpha value is -1.79. The van der Waals surface area contributed by atoms with E-state index in [4.69, 9.17) is 16.0 Å². The molecular weight excluding hydrogens is 378 g/mol. The van der Waals surface area contributed by atoms with Crippen molar-refractivity contribution in [2.24, 2.45) is 5.92 Å². The van der Waals surface area contributed by atoms with Crippen LogP contribution in [0.1, 0.15) is 51.5 Å². The molecule has 6 nitrogen and oxygen atoms in total. The summed E-state index contributed by atoms with van der Waals surface area (Å²) >= 11 is 6.12. The highest BCUT2D eigenvalue weighted by atomic mass is 35.5. The number of aromatic nitrogens is 1. The molecule has 152 valence electrons. The second kappa shape index (κ2) is 8.29. The van der Waals surface area contributed by atoms with E-state index in [1.54, 1.807) is 22.8 Å². The first-order valence-corrected chi connectivity index (χ1v) is 10.7. The van der Waals surface area contributed by atoms with Crippen molar-refractivity contribution in [1.29, 1.82) is 0 Å². The van der Waals surface area contributed by atoms with Crippen molar-refractivity contribution in [2.75, 3.05) is 19.6 Å². The second-order valence-electron chi connectivity index (χ2n) is 8.32. The van der Waals surface area contributed by atoms with E-state index in [9.17, 15) is 9.59 Å². The van der Waals surface area contributed by atoms with E-state index in [0.717, 1.165) is 31.3 Å². The van der Waals surface area contributed by atoms with Crippen LogP contribution in [0.4, 0.5) is 0 Å². The van der Waals surface area contributed by atoms with Gasteiger partial charge in [-0.05, 0) is 56.3 Å². The van der Waals surface area contributed by atoms with Crippen molar-refractivity contribution < 1.29 is 9.21 Å². The summed E-state index contributed by atoms with van der Waals surface area (Å²) in [6.07, 6.45) is 6.55. The molecule has 7 heteroatoms. The Balaban J connectivity index is 1.43. The third kappa shape index (κ3) is 4.13. The van der Waals surface area contributed by atoms with Crippen LogP contribution in [-0.2, 0) is 4.79 Å². The molecule has 28 heavy (non-hydrogen) atoms. The molecule has 1 N–H and O–H groups in total. The van der Waals surface area contributed by atoms with Gasteiger partial charge in [-0.1, -0.05) is 31.4 Å². The molecule has 1 aromatic carbocycles. The number of rotatable bonds is 4. The van der Waals surface area contributed by atoms with Crippen LogP contribution in [-0.4, -0.2) is 41.1 Å². The summed E-state index contributed by atoms with van der Waals surface area (Å²) in [6.45, 7) is 4.14. The van der Waals surface area contributed by atoms with Gasteiger partial charge in [-0.15, -0.1) is 0 Å². The van der Waals surface area contributed by atoms with Crippen molar-refractivity contribution in [3.63, 3.8) is 0 Å². The number of benzene rings is 1. The molecule has 1 aliphatic heterocycles. The normalized spacial score (nSPS) is 26.4. The van der Waals surface area contributed by atoms with Gasteiger partial charge in [0.1, 0.15) is 0 Å². The fraction of sp³-hybridized carbons (Fsp3) is 0.619. The molecular formula is C21H28ClN3O3. The van der Waals surface area contributed by atoms with Gasteiger partial charge in [0.25, 0.3) is 0 Å². The van der Waals surface area contributed by atoms with Crippen molar-refractivity contribution in [2.45, 2.75) is 57.5 Å². The number of halogens is 1. The van der Waals surface area contributed by atoms with Crippen LogP contribution in [0.2, 0.25) is 5.02 Å². The van der Waals surface area contributed by atoms with E-state index in [1.165, 1.54) is 19.3 Å². The Morgan fingerprint density at radius 1 is 1.25 bits per heavy atom. The van der Waals surface area contributed by atoms with E-state index in [2.05, 4.69) is 17.1 Å². The number of hydrogen-bond donors (Lipinski definition) is 1. The summed E-state index contributed by atoms with van der Waals surface area (Å²) in [5.74, 6) is 0.281. The lowest BCUT2D eigenvalue weighted by molar-refractivity contribution is -0.123.